The van der Waals surface area contributed by atoms with E-state index >= 15 is 0 Å². The largest absolute Gasteiger partial charge is 0.497 e. The first-order valence-electron chi connectivity index (χ1n) is 15.6. The minimum Gasteiger partial charge on any atom is -0.497 e. The summed E-state index contributed by atoms with van der Waals surface area (Å²) in [6.45, 7) is 3.98. The van der Waals surface area contributed by atoms with Crippen molar-refractivity contribution in [3.05, 3.63) is 156 Å². The van der Waals surface area contributed by atoms with Gasteiger partial charge in [0.1, 0.15) is 24.1 Å². The van der Waals surface area contributed by atoms with Crippen molar-refractivity contribution < 1.29 is 19.1 Å². The standard InChI is InChI=1S/C42H36N2O4/c1-29-25-39(18-11-34(29)28-46)43(35-12-5-31(27-45)6-13-35)36-14-7-32(8-15-36)33-9-16-37(17-10-33)44(38-19-22-41(47-3)23-20-38)40-21-24-42(48-4)30(2)26-40/h5-28H,1-4H3. The van der Waals surface area contributed by atoms with Crippen LogP contribution >= 0.6 is 0 Å². The van der Waals surface area contributed by atoms with Crippen LogP contribution < -0.4 is 19.3 Å². The molecule has 0 aliphatic carbocycles. The van der Waals surface area contributed by atoms with E-state index in [1.165, 1.54) is 0 Å². The molecule has 0 saturated heterocycles. The number of rotatable bonds is 11. The summed E-state index contributed by atoms with van der Waals surface area (Å²) in [6, 6.07) is 44.4. The van der Waals surface area contributed by atoms with Crippen LogP contribution in [-0.4, -0.2) is 26.8 Å². The van der Waals surface area contributed by atoms with Gasteiger partial charge >= 0.3 is 0 Å². The lowest BCUT2D eigenvalue weighted by molar-refractivity contribution is 0.111. The number of aldehydes is 2. The Morgan fingerprint density at radius 2 is 0.896 bits per heavy atom. The van der Waals surface area contributed by atoms with Gasteiger partial charge in [0.05, 0.1) is 14.2 Å². The molecule has 0 heterocycles. The Morgan fingerprint density at radius 3 is 1.31 bits per heavy atom. The zero-order valence-corrected chi connectivity index (χ0v) is 27.4. The first-order valence-corrected chi connectivity index (χ1v) is 15.6. The summed E-state index contributed by atoms with van der Waals surface area (Å²) in [7, 11) is 3.35. The van der Waals surface area contributed by atoms with Crippen LogP contribution in [-0.2, 0) is 0 Å². The second-order valence-electron chi connectivity index (χ2n) is 11.5. The van der Waals surface area contributed by atoms with Crippen molar-refractivity contribution in [3.8, 4) is 22.6 Å². The average Bonchev–Trinajstić information content (AvgIpc) is 3.13. The van der Waals surface area contributed by atoms with Gasteiger partial charge in [-0.25, -0.2) is 0 Å². The molecule has 0 aliphatic rings. The van der Waals surface area contributed by atoms with Gasteiger partial charge in [0.15, 0.2) is 0 Å². The maximum Gasteiger partial charge on any atom is 0.150 e. The van der Waals surface area contributed by atoms with Gasteiger partial charge in [-0.2, -0.15) is 0 Å². The van der Waals surface area contributed by atoms with Crippen LogP contribution in [0.15, 0.2) is 133 Å². The van der Waals surface area contributed by atoms with Crippen LogP contribution in [0, 0.1) is 13.8 Å². The molecule has 48 heavy (non-hydrogen) atoms. The van der Waals surface area contributed by atoms with E-state index < -0.39 is 0 Å². The van der Waals surface area contributed by atoms with Crippen molar-refractivity contribution in [2.75, 3.05) is 24.0 Å². The molecule has 0 radical (unpaired) electrons. The molecule has 0 saturated carbocycles. The summed E-state index contributed by atoms with van der Waals surface area (Å²) in [5, 5.41) is 0. The molecule has 6 nitrogen and oxygen atoms in total. The third-order valence-electron chi connectivity index (χ3n) is 8.48. The Morgan fingerprint density at radius 1 is 0.458 bits per heavy atom. The van der Waals surface area contributed by atoms with Crippen LogP contribution in [0.3, 0.4) is 0 Å². The lowest BCUT2D eigenvalue weighted by Gasteiger charge is -2.27. The fraction of sp³-hybridized carbons (Fsp3) is 0.0952. The second kappa shape index (κ2) is 14.1. The quantitative estimate of drug-likeness (QED) is 0.133. The van der Waals surface area contributed by atoms with E-state index in [-0.39, 0.29) is 0 Å². The summed E-state index contributed by atoms with van der Waals surface area (Å²) >= 11 is 0. The maximum atomic E-state index is 11.5. The Labute approximate surface area is 281 Å². The van der Waals surface area contributed by atoms with Crippen molar-refractivity contribution in [1.29, 1.82) is 0 Å². The third-order valence-corrected chi connectivity index (χ3v) is 8.48. The van der Waals surface area contributed by atoms with Crippen LogP contribution in [0.1, 0.15) is 31.8 Å². The van der Waals surface area contributed by atoms with Gasteiger partial charge < -0.3 is 19.3 Å². The molecule has 0 spiro atoms. The predicted octanol–water partition coefficient (Wildman–Crippen LogP) is 10.6. The number of carbonyl (C=O) groups excluding carboxylic acids is 2. The molecule has 238 valence electrons. The van der Waals surface area contributed by atoms with E-state index in [1.807, 2.05) is 62.4 Å². The Bertz CT molecular complexity index is 2040. The molecule has 6 aromatic rings. The number of aryl methyl sites for hydroxylation is 2. The van der Waals surface area contributed by atoms with Gasteiger partial charge in [-0.1, -0.05) is 24.3 Å². The molecule has 0 atom stereocenters. The molecule has 0 aromatic heterocycles. The number of nitrogens with zero attached hydrogens (tertiary/aromatic N) is 2. The minimum absolute atomic E-state index is 0.609. The first kappa shape index (κ1) is 31.8. The SMILES string of the molecule is COc1ccc(N(c2ccc(-c3ccc(N(c4ccc(C=O)cc4)c4ccc(C=O)c(C)c4)cc3)cc2)c2ccc(OC)c(C)c2)cc1. The zero-order valence-electron chi connectivity index (χ0n) is 27.4. The van der Waals surface area contributed by atoms with Gasteiger partial charge in [-0.3, -0.25) is 9.59 Å². The van der Waals surface area contributed by atoms with E-state index in [1.54, 1.807) is 26.4 Å². The number of hydrogen-bond donors (Lipinski definition) is 0. The minimum atomic E-state index is 0.609. The van der Waals surface area contributed by atoms with Gasteiger partial charge in [0, 0.05) is 45.3 Å². The molecular weight excluding hydrogens is 596 g/mol. The molecule has 6 aromatic carbocycles. The van der Waals surface area contributed by atoms with Gasteiger partial charge in [0.25, 0.3) is 0 Å². The molecule has 0 fully saturated rings. The number of methoxy groups -OCH3 is 2. The molecular formula is C42H36N2O4. The lowest BCUT2D eigenvalue weighted by Crippen LogP contribution is -2.10. The van der Waals surface area contributed by atoms with E-state index in [0.717, 1.165) is 80.4 Å². The summed E-state index contributed by atoms with van der Waals surface area (Å²) in [5.74, 6) is 1.64. The van der Waals surface area contributed by atoms with Crippen molar-refractivity contribution in [2.45, 2.75) is 13.8 Å². The topological polar surface area (TPSA) is 59.1 Å². The normalized spacial score (nSPS) is 10.7. The highest BCUT2D eigenvalue weighted by Crippen LogP contribution is 2.39. The Kier molecular flexibility index (Phi) is 9.35. The molecule has 0 bridgehead atoms. The highest BCUT2D eigenvalue weighted by molar-refractivity contribution is 5.84. The van der Waals surface area contributed by atoms with Crippen molar-refractivity contribution in [2.24, 2.45) is 0 Å². The second-order valence-corrected chi connectivity index (χ2v) is 11.5. The van der Waals surface area contributed by atoms with E-state index in [4.69, 9.17) is 9.47 Å². The maximum absolute atomic E-state index is 11.5. The third kappa shape index (κ3) is 6.55. The van der Waals surface area contributed by atoms with Crippen molar-refractivity contribution in [1.82, 2.24) is 0 Å². The van der Waals surface area contributed by atoms with E-state index in [0.29, 0.717) is 11.1 Å². The molecule has 6 rings (SSSR count). The van der Waals surface area contributed by atoms with Crippen molar-refractivity contribution >= 4 is 46.7 Å². The molecule has 0 aliphatic heterocycles. The van der Waals surface area contributed by atoms with Gasteiger partial charge in [-0.15, -0.1) is 0 Å². The smallest absolute Gasteiger partial charge is 0.150 e. The summed E-state index contributed by atoms with van der Waals surface area (Å²) in [5.41, 5.74) is 11.2. The number of carbonyl (C=O) groups is 2. The van der Waals surface area contributed by atoms with Crippen molar-refractivity contribution in [3.63, 3.8) is 0 Å². The van der Waals surface area contributed by atoms with Gasteiger partial charge in [0.2, 0.25) is 0 Å². The zero-order chi connectivity index (χ0) is 33.6. The fourth-order valence-corrected chi connectivity index (χ4v) is 5.87. The average molecular weight is 633 g/mol. The predicted molar refractivity (Wildman–Crippen MR) is 195 cm³/mol. The lowest BCUT2D eigenvalue weighted by atomic mass is 10.0. The summed E-state index contributed by atoms with van der Waals surface area (Å²) < 4.78 is 10.9. The molecule has 0 amide bonds. The Hall–Kier alpha value is -6.14. The molecule has 6 heteroatoms. The molecule has 0 unspecified atom stereocenters. The number of hydrogen-bond acceptors (Lipinski definition) is 6. The summed E-state index contributed by atoms with van der Waals surface area (Å²) in [6.07, 6.45) is 1.71. The van der Waals surface area contributed by atoms with E-state index in [9.17, 15) is 9.59 Å². The first-order chi connectivity index (χ1) is 23.4. The van der Waals surface area contributed by atoms with Crippen LogP contribution in [0.5, 0.6) is 11.5 Å². The monoisotopic (exact) mass is 632 g/mol. The van der Waals surface area contributed by atoms with Gasteiger partial charge in [-0.05, 0) is 145 Å². The van der Waals surface area contributed by atoms with Crippen LogP contribution in [0.2, 0.25) is 0 Å². The summed E-state index contributed by atoms with van der Waals surface area (Å²) in [4.78, 5) is 27.1. The van der Waals surface area contributed by atoms with E-state index in [2.05, 4.69) is 82.6 Å². The highest BCUT2D eigenvalue weighted by Gasteiger charge is 2.16. The highest BCUT2D eigenvalue weighted by atomic mass is 16.5. The van der Waals surface area contributed by atoms with Crippen LogP contribution in [0.25, 0.3) is 11.1 Å². The molecule has 0 N–H and O–H groups in total. The fourth-order valence-electron chi connectivity index (χ4n) is 5.87. The Balaban J connectivity index is 1.34. The number of ether oxygens (including phenoxy) is 2. The number of benzene rings is 6. The van der Waals surface area contributed by atoms with Crippen LogP contribution in [0.4, 0.5) is 34.1 Å². The number of anilines is 6.